The molecule has 1 fully saturated rings. The van der Waals surface area contributed by atoms with E-state index in [4.69, 9.17) is 5.73 Å². The van der Waals surface area contributed by atoms with Crippen molar-refractivity contribution in [1.82, 2.24) is 4.98 Å². The van der Waals surface area contributed by atoms with Crippen molar-refractivity contribution in [3.8, 4) is 0 Å². The fourth-order valence-corrected chi connectivity index (χ4v) is 2.08. The largest absolute Gasteiger partial charge is 0.397 e. The molecule has 0 amide bonds. The predicted molar refractivity (Wildman–Crippen MR) is 54.8 cm³/mol. The minimum atomic E-state index is -2.49. The van der Waals surface area contributed by atoms with Gasteiger partial charge >= 0.3 is 0 Å². The van der Waals surface area contributed by atoms with Crippen molar-refractivity contribution in [2.24, 2.45) is 0 Å². The van der Waals surface area contributed by atoms with Gasteiger partial charge in [0.25, 0.3) is 0 Å². The normalized spacial score (nSPS) is 21.5. The predicted octanol–water partition coefficient (Wildman–Crippen LogP) is 2.96. The number of halogens is 2. The third-order valence-electron chi connectivity index (χ3n) is 2.98. The first kappa shape index (κ1) is 10.3. The van der Waals surface area contributed by atoms with Gasteiger partial charge < -0.3 is 5.73 Å². The Morgan fingerprint density at radius 3 is 2.60 bits per heavy atom. The van der Waals surface area contributed by atoms with Crippen LogP contribution in [0, 0.1) is 0 Å². The maximum atomic E-state index is 12.9. The highest BCUT2D eigenvalue weighted by Gasteiger charge is 2.36. The fourth-order valence-electron chi connectivity index (χ4n) is 2.08. The zero-order chi connectivity index (χ0) is 10.9. The molecule has 0 radical (unpaired) electrons. The molecule has 1 aliphatic rings. The average Bonchev–Trinajstić information content (AvgIpc) is 2.19. The first-order valence-electron chi connectivity index (χ1n) is 5.17. The van der Waals surface area contributed by atoms with E-state index in [1.165, 1.54) is 0 Å². The van der Waals surface area contributed by atoms with Gasteiger partial charge in [-0.2, -0.15) is 0 Å². The van der Waals surface area contributed by atoms with Gasteiger partial charge in [0.2, 0.25) is 5.92 Å². The number of nitrogens with two attached hydrogens (primary N) is 1. The number of aromatic nitrogens is 1. The molecule has 0 bridgehead atoms. The average molecular weight is 212 g/mol. The Labute approximate surface area is 87.5 Å². The third kappa shape index (κ3) is 2.25. The van der Waals surface area contributed by atoms with E-state index in [1.807, 2.05) is 0 Å². The number of nitrogen functional groups attached to an aromatic ring is 1. The highest BCUT2D eigenvalue weighted by Crippen LogP contribution is 2.41. The molecule has 15 heavy (non-hydrogen) atoms. The number of anilines is 1. The third-order valence-corrected chi connectivity index (χ3v) is 2.98. The van der Waals surface area contributed by atoms with E-state index in [2.05, 4.69) is 4.98 Å². The summed E-state index contributed by atoms with van der Waals surface area (Å²) in [6.07, 6.45) is 2.53. The molecule has 0 aliphatic heterocycles. The van der Waals surface area contributed by atoms with Crippen LogP contribution in [-0.2, 0) is 0 Å². The first-order chi connectivity index (χ1) is 7.08. The Hall–Kier alpha value is -1.19. The minimum Gasteiger partial charge on any atom is -0.397 e. The summed E-state index contributed by atoms with van der Waals surface area (Å²) in [7, 11) is 0. The lowest BCUT2D eigenvalue weighted by Gasteiger charge is -2.28. The van der Waals surface area contributed by atoms with Gasteiger partial charge in [0, 0.05) is 25.0 Å². The lowest BCUT2D eigenvalue weighted by atomic mass is 9.84. The number of alkyl halides is 2. The van der Waals surface area contributed by atoms with Crippen LogP contribution >= 0.6 is 0 Å². The molecule has 2 N–H and O–H groups in total. The van der Waals surface area contributed by atoms with Crippen molar-refractivity contribution in [3.63, 3.8) is 0 Å². The molecule has 0 aromatic carbocycles. The van der Waals surface area contributed by atoms with Gasteiger partial charge in [0.1, 0.15) is 0 Å². The van der Waals surface area contributed by atoms with Crippen LogP contribution in [0.25, 0.3) is 0 Å². The number of hydrogen-bond donors (Lipinski definition) is 1. The molecule has 1 saturated carbocycles. The summed E-state index contributed by atoms with van der Waals surface area (Å²) in [5.74, 6) is -2.38. The van der Waals surface area contributed by atoms with Gasteiger partial charge in [-0.05, 0) is 25.0 Å². The summed E-state index contributed by atoms with van der Waals surface area (Å²) in [5.41, 5.74) is 7.17. The van der Waals surface area contributed by atoms with E-state index in [0.717, 1.165) is 5.69 Å². The van der Waals surface area contributed by atoms with E-state index >= 15 is 0 Å². The Morgan fingerprint density at radius 2 is 2.00 bits per heavy atom. The molecule has 2 nitrogen and oxygen atoms in total. The zero-order valence-electron chi connectivity index (χ0n) is 8.42. The van der Waals surface area contributed by atoms with E-state index < -0.39 is 5.92 Å². The van der Waals surface area contributed by atoms with Gasteiger partial charge in [0.05, 0.1) is 11.4 Å². The number of pyridine rings is 1. The van der Waals surface area contributed by atoms with Crippen molar-refractivity contribution < 1.29 is 8.78 Å². The van der Waals surface area contributed by atoms with Crippen LogP contribution in [0.5, 0.6) is 0 Å². The van der Waals surface area contributed by atoms with Crippen molar-refractivity contribution in [2.75, 3.05) is 5.73 Å². The molecule has 1 heterocycles. The monoisotopic (exact) mass is 212 g/mol. The molecule has 1 aromatic rings. The Bertz CT molecular complexity index is 342. The summed E-state index contributed by atoms with van der Waals surface area (Å²) in [6.45, 7) is 0. The molecule has 0 atom stereocenters. The number of rotatable bonds is 1. The smallest absolute Gasteiger partial charge is 0.248 e. The molecule has 4 heteroatoms. The maximum absolute atomic E-state index is 12.9. The van der Waals surface area contributed by atoms with Crippen LogP contribution in [0.15, 0.2) is 18.3 Å². The van der Waals surface area contributed by atoms with Crippen molar-refractivity contribution in [3.05, 3.63) is 24.0 Å². The second-order valence-electron chi connectivity index (χ2n) is 4.11. The second kappa shape index (κ2) is 3.76. The molecule has 2 rings (SSSR count). The molecule has 82 valence electrons. The zero-order valence-corrected chi connectivity index (χ0v) is 8.42. The van der Waals surface area contributed by atoms with Crippen LogP contribution < -0.4 is 5.73 Å². The lowest BCUT2D eigenvalue weighted by Crippen LogP contribution is -2.24. The maximum Gasteiger partial charge on any atom is 0.248 e. The van der Waals surface area contributed by atoms with Crippen LogP contribution in [0.2, 0.25) is 0 Å². The van der Waals surface area contributed by atoms with Crippen LogP contribution in [0.3, 0.4) is 0 Å². The van der Waals surface area contributed by atoms with Crippen molar-refractivity contribution >= 4 is 5.69 Å². The first-order valence-corrected chi connectivity index (χ1v) is 5.17. The van der Waals surface area contributed by atoms with Crippen molar-refractivity contribution in [2.45, 2.75) is 37.5 Å². The Kier molecular flexibility index (Phi) is 2.59. The molecular formula is C11H14F2N2. The summed E-state index contributed by atoms with van der Waals surface area (Å²) >= 11 is 0. The second-order valence-corrected chi connectivity index (χ2v) is 4.11. The summed E-state index contributed by atoms with van der Waals surface area (Å²) in [6, 6.07) is 3.53. The quantitative estimate of drug-likeness (QED) is 0.777. The van der Waals surface area contributed by atoms with Gasteiger partial charge in [-0.25, -0.2) is 8.78 Å². The summed E-state index contributed by atoms with van der Waals surface area (Å²) < 4.78 is 25.9. The number of nitrogens with zero attached hydrogens (tertiary/aromatic N) is 1. The lowest BCUT2D eigenvalue weighted by molar-refractivity contribution is -0.0384. The topological polar surface area (TPSA) is 38.9 Å². The standard InChI is InChI=1S/C11H14F2N2/c12-11(13)5-3-8(4-6-11)10-9(14)2-1-7-15-10/h1-2,7-8H,3-6,14H2. The van der Waals surface area contributed by atoms with Crippen molar-refractivity contribution in [1.29, 1.82) is 0 Å². The van der Waals surface area contributed by atoms with Gasteiger partial charge in [-0.15, -0.1) is 0 Å². The highest BCUT2D eigenvalue weighted by atomic mass is 19.3. The van der Waals surface area contributed by atoms with E-state index in [0.29, 0.717) is 18.5 Å². The van der Waals surface area contributed by atoms with E-state index in [-0.39, 0.29) is 18.8 Å². The molecule has 0 saturated heterocycles. The molecule has 0 unspecified atom stereocenters. The highest BCUT2D eigenvalue weighted by molar-refractivity contribution is 5.44. The van der Waals surface area contributed by atoms with Gasteiger partial charge in [-0.3, -0.25) is 4.98 Å². The SMILES string of the molecule is Nc1cccnc1C1CCC(F)(F)CC1. The summed E-state index contributed by atoms with van der Waals surface area (Å²) in [4.78, 5) is 4.18. The van der Waals surface area contributed by atoms with Gasteiger partial charge in [0.15, 0.2) is 0 Å². The van der Waals surface area contributed by atoms with Gasteiger partial charge in [-0.1, -0.05) is 0 Å². The Morgan fingerprint density at radius 1 is 1.33 bits per heavy atom. The molecule has 1 aromatic heterocycles. The van der Waals surface area contributed by atoms with Crippen LogP contribution in [0.1, 0.15) is 37.3 Å². The molecule has 1 aliphatic carbocycles. The van der Waals surface area contributed by atoms with Crippen LogP contribution in [0.4, 0.5) is 14.5 Å². The molecule has 0 spiro atoms. The van der Waals surface area contributed by atoms with E-state index in [9.17, 15) is 8.78 Å². The van der Waals surface area contributed by atoms with Crippen LogP contribution in [-0.4, -0.2) is 10.9 Å². The number of hydrogen-bond acceptors (Lipinski definition) is 2. The summed E-state index contributed by atoms with van der Waals surface area (Å²) in [5, 5.41) is 0. The fraction of sp³-hybridized carbons (Fsp3) is 0.545. The van der Waals surface area contributed by atoms with E-state index in [1.54, 1.807) is 18.3 Å². The Balaban J connectivity index is 2.11. The molecular weight excluding hydrogens is 198 g/mol. The minimum absolute atomic E-state index is 0.0479.